The van der Waals surface area contributed by atoms with E-state index in [0.717, 1.165) is 36.2 Å². The molecule has 3 saturated carbocycles. The van der Waals surface area contributed by atoms with Gasteiger partial charge in [0.2, 0.25) is 5.91 Å². The van der Waals surface area contributed by atoms with Crippen LogP contribution in [0, 0.1) is 35.0 Å². The van der Waals surface area contributed by atoms with Gasteiger partial charge < -0.3 is 16.8 Å². The van der Waals surface area contributed by atoms with Crippen LogP contribution in [0.15, 0.2) is 16.9 Å². The van der Waals surface area contributed by atoms with Gasteiger partial charge in [-0.3, -0.25) is 14.2 Å². The zero-order chi connectivity index (χ0) is 22.1. The first-order valence-corrected chi connectivity index (χ1v) is 11.3. The molecule has 2 bridgehead atoms. The topological polar surface area (TPSA) is 153 Å². The summed E-state index contributed by atoms with van der Waals surface area (Å²) < 4.78 is 1.48. The van der Waals surface area contributed by atoms with Crippen LogP contribution >= 0.6 is 0 Å². The SMILES string of the molecule is N#CC1C2CC1C2CNc1c([C@@H]2CCc3nc(N)ccc32)nc2n(c1=O)C(C(N)=O)CC2. The van der Waals surface area contributed by atoms with Gasteiger partial charge in [0, 0.05) is 24.6 Å². The highest BCUT2D eigenvalue weighted by molar-refractivity contribution is 5.79. The molecular formula is C23H25N7O2. The molecule has 164 valence electrons. The van der Waals surface area contributed by atoms with Crippen molar-refractivity contribution in [2.75, 3.05) is 17.6 Å². The number of rotatable bonds is 5. The molecule has 4 aliphatic carbocycles. The molecule has 0 saturated heterocycles. The summed E-state index contributed by atoms with van der Waals surface area (Å²) in [6.07, 6.45) is 3.74. The molecule has 0 radical (unpaired) electrons. The minimum absolute atomic E-state index is 0.0467. The zero-order valence-electron chi connectivity index (χ0n) is 17.6. The van der Waals surface area contributed by atoms with Gasteiger partial charge >= 0.3 is 0 Å². The third-order valence-electron chi connectivity index (χ3n) is 8.13. The first-order valence-electron chi connectivity index (χ1n) is 11.3. The van der Waals surface area contributed by atoms with Crippen LogP contribution in [0.3, 0.4) is 0 Å². The number of fused-ring (bicyclic) bond motifs is 2. The first-order chi connectivity index (χ1) is 15.5. The number of nitrogen functional groups attached to an aromatic ring is 1. The molecule has 1 amide bonds. The Morgan fingerprint density at radius 3 is 2.78 bits per heavy atom. The number of hydrogen-bond acceptors (Lipinski definition) is 7. The minimum Gasteiger partial charge on any atom is -0.384 e. The van der Waals surface area contributed by atoms with E-state index in [2.05, 4.69) is 16.4 Å². The fourth-order valence-electron chi connectivity index (χ4n) is 6.25. The normalized spacial score (nSPS) is 31.1. The predicted molar refractivity (Wildman–Crippen MR) is 117 cm³/mol. The lowest BCUT2D eigenvalue weighted by molar-refractivity contribution is -0.123. The highest BCUT2D eigenvalue weighted by Crippen LogP contribution is 2.62. The highest BCUT2D eigenvalue weighted by Gasteiger charge is 2.61. The van der Waals surface area contributed by atoms with Crippen molar-refractivity contribution in [1.82, 2.24) is 14.5 Å². The summed E-state index contributed by atoms with van der Waals surface area (Å²) >= 11 is 0. The van der Waals surface area contributed by atoms with Crippen molar-refractivity contribution in [3.8, 4) is 6.07 Å². The number of aromatic nitrogens is 3. The number of primary amides is 1. The number of hydrogen-bond donors (Lipinski definition) is 3. The van der Waals surface area contributed by atoms with Gasteiger partial charge in [0.1, 0.15) is 23.4 Å². The lowest BCUT2D eigenvalue weighted by Crippen LogP contribution is -2.61. The number of nitriles is 1. The first kappa shape index (κ1) is 19.3. The Balaban J connectivity index is 1.39. The molecule has 3 heterocycles. The second-order valence-corrected chi connectivity index (χ2v) is 9.55. The molecule has 32 heavy (non-hydrogen) atoms. The Bertz CT molecular complexity index is 1240. The molecule has 5 aliphatic rings. The van der Waals surface area contributed by atoms with E-state index < -0.39 is 11.9 Å². The highest BCUT2D eigenvalue weighted by atomic mass is 16.2. The van der Waals surface area contributed by atoms with E-state index in [9.17, 15) is 14.9 Å². The van der Waals surface area contributed by atoms with Crippen molar-refractivity contribution in [1.29, 1.82) is 5.26 Å². The van der Waals surface area contributed by atoms with Crippen LogP contribution in [0.4, 0.5) is 11.5 Å². The third-order valence-corrected chi connectivity index (χ3v) is 8.13. The van der Waals surface area contributed by atoms with Gasteiger partial charge in [-0.2, -0.15) is 5.26 Å². The van der Waals surface area contributed by atoms with Gasteiger partial charge in [-0.05, 0) is 55.1 Å². The predicted octanol–water partition coefficient (Wildman–Crippen LogP) is 1.09. The summed E-state index contributed by atoms with van der Waals surface area (Å²) in [7, 11) is 0. The largest absolute Gasteiger partial charge is 0.384 e. The molecule has 3 unspecified atom stereocenters. The van der Waals surface area contributed by atoms with Crippen LogP contribution in [0.5, 0.6) is 0 Å². The Labute approximate surface area is 184 Å². The number of pyridine rings is 1. The second-order valence-electron chi connectivity index (χ2n) is 9.55. The lowest BCUT2D eigenvalue weighted by Gasteiger charge is -2.62. The van der Waals surface area contributed by atoms with Gasteiger partial charge in [0.25, 0.3) is 5.56 Å². The number of carbonyl (C=O) groups excluding carboxylic acids is 1. The maximum atomic E-state index is 13.6. The number of nitrogens with one attached hydrogen (secondary N) is 1. The molecule has 9 heteroatoms. The molecule has 3 fully saturated rings. The van der Waals surface area contributed by atoms with E-state index in [-0.39, 0.29) is 17.4 Å². The van der Waals surface area contributed by atoms with E-state index in [1.165, 1.54) is 4.57 Å². The molecule has 5 N–H and O–H groups in total. The third kappa shape index (κ3) is 2.55. The number of carbonyl (C=O) groups is 1. The molecule has 9 nitrogen and oxygen atoms in total. The van der Waals surface area contributed by atoms with Crippen molar-refractivity contribution in [2.45, 2.75) is 44.1 Å². The Morgan fingerprint density at radius 2 is 2.06 bits per heavy atom. The quantitative estimate of drug-likeness (QED) is 0.640. The number of nitrogens with two attached hydrogens (primary N) is 2. The Hall–Kier alpha value is -3.41. The summed E-state index contributed by atoms with van der Waals surface area (Å²) in [6.45, 7) is 0.636. The molecular weight excluding hydrogens is 406 g/mol. The van der Waals surface area contributed by atoms with Crippen LogP contribution in [0.1, 0.15) is 54.0 Å². The molecule has 0 spiro atoms. The van der Waals surface area contributed by atoms with Crippen LogP contribution < -0.4 is 22.3 Å². The summed E-state index contributed by atoms with van der Waals surface area (Å²) in [5, 5.41) is 12.6. The average molecular weight is 432 g/mol. The average Bonchev–Trinajstić information content (AvgIpc) is 3.32. The standard InChI is InChI=1S/C23H25N7O2/c24-8-14-12-7-13(14)15(12)9-27-21-20(11-1-3-16-10(11)2-5-18(25)28-16)29-19-6-4-17(22(26)31)30(19)23(21)32/h2,5,11-15,17,27H,1,3-4,6-7,9H2,(H2,25,28)(H2,26,31)/t11-,12?,13?,14?,15?,17?/m1/s1. The van der Waals surface area contributed by atoms with Gasteiger partial charge in [-0.25, -0.2) is 9.97 Å². The van der Waals surface area contributed by atoms with Crippen molar-refractivity contribution in [3.63, 3.8) is 0 Å². The monoisotopic (exact) mass is 431 g/mol. The van der Waals surface area contributed by atoms with Crippen molar-refractivity contribution < 1.29 is 4.79 Å². The van der Waals surface area contributed by atoms with Gasteiger partial charge in [0.05, 0.1) is 17.7 Å². The molecule has 1 aliphatic heterocycles. The molecule has 7 rings (SSSR count). The zero-order valence-corrected chi connectivity index (χ0v) is 17.6. The number of amides is 1. The molecule has 2 aromatic heterocycles. The summed E-state index contributed by atoms with van der Waals surface area (Å²) in [6, 6.07) is 5.51. The maximum absolute atomic E-state index is 13.6. The number of aryl methyl sites for hydroxylation is 2. The number of anilines is 2. The molecule has 2 aromatic rings. The van der Waals surface area contributed by atoms with Gasteiger partial charge in [-0.15, -0.1) is 0 Å². The van der Waals surface area contributed by atoms with Crippen LogP contribution in [-0.4, -0.2) is 27.0 Å². The van der Waals surface area contributed by atoms with E-state index in [1.54, 1.807) is 6.07 Å². The van der Waals surface area contributed by atoms with Crippen molar-refractivity contribution in [3.05, 3.63) is 45.3 Å². The fourth-order valence-corrected chi connectivity index (χ4v) is 6.25. The van der Waals surface area contributed by atoms with Gasteiger partial charge in [0.15, 0.2) is 0 Å². The van der Waals surface area contributed by atoms with E-state index in [0.29, 0.717) is 54.5 Å². The van der Waals surface area contributed by atoms with Crippen LogP contribution in [0.25, 0.3) is 0 Å². The van der Waals surface area contributed by atoms with E-state index in [4.69, 9.17) is 16.5 Å². The number of nitrogens with zero attached hydrogens (tertiary/aromatic N) is 4. The van der Waals surface area contributed by atoms with Crippen molar-refractivity contribution in [2.24, 2.45) is 29.4 Å². The summed E-state index contributed by atoms with van der Waals surface area (Å²) in [5.74, 6) is 1.97. The lowest BCUT2D eigenvalue weighted by atomic mass is 9.41. The van der Waals surface area contributed by atoms with Gasteiger partial charge in [-0.1, -0.05) is 6.07 Å². The fraction of sp³-hybridized carbons (Fsp3) is 0.522. The summed E-state index contributed by atoms with van der Waals surface area (Å²) in [5.41, 5.74) is 14.4. The second kappa shape index (κ2) is 6.79. The smallest absolute Gasteiger partial charge is 0.277 e. The Kier molecular flexibility index (Phi) is 4.09. The van der Waals surface area contributed by atoms with Crippen LogP contribution in [0.2, 0.25) is 0 Å². The minimum atomic E-state index is -0.656. The molecule has 4 atom stereocenters. The van der Waals surface area contributed by atoms with E-state index >= 15 is 0 Å². The van der Waals surface area contributed by atoms with E-state index in [1.807, 2.05) is 6.07 Å². The van der Waals surface area contributed by atoms with Crippen LogP contribution in [-0.2, 0) is 17.6 Å². The maximum Gasteiger partial charge on any atom is 0.277 e. The molecule has 0 aromatic carbocycles. The Morgan fingerprint density at radius 1 is 1.25 bits per heavy atom. The van der Waals surface area contributed by atoms with Crippen molar-refractivity contribution >= 4 is 17.4 Å². The summed E-state index contributed by atoms with van der Waals surface area (Å²) in [4.78, 5) is 35.0.